The van der Waals surface area contributed by atoms with Crippen LogP contribution in [0.5, 0.6) is 0 Å². The Balaban J connectivity index is 2.52. The molecule has 0 saturated heterocycles. The largest absolute Gasteiger partial charge is 0.298 e. The number of thiophene rings is 1. The van der Waals surface area contributed by atoms with Gasteiger partial charge < -0.3 is 0 Å². The van der Waals surface area contributed by atoms with Gasteiger partial charge in [0.1, 0.15) is 0 Å². The van der Waals surface area contributed by atoms with Crippen LogP contribution in [0.25, 0.3) is 0 Å². The molecular formula is C12H18ClNOS. The maximum absolute atomic E-state index is 11.9. The number of hydrogen-bond acceptors (Lipinski definition) is 3. The minimum Gasteiger partial charge on any atom is -0.298 e. The van der Waals surface area contributed by atoms with Gasteiger partial charge in [0.15, 0.2) is 5.78 Å². The molecule has 1 aromatic rings. The van der Waals surface area contributed by atoms with Crippen LogP contribution in [0.4, 0.5) is 0 Å². The molecule has 0 amide bonds. The molecule has 0 aromatic carbocycles. The summed E-state index contributed by atoms with van der Waals surface area (Å²) in [4.78, 5) is 14.7. The van der Waals surface area contributed by atoms with Gasteiger partial charge in [0.2, 0.25) is 0 Å². The lowest BCUT2D eigenvalue weighted by atomic mass is 9.96. The van der Waals surface area contributed by atoms with Crippen molar-refractivity contribution in [1.29, 1.82) is 0 Å². The van der Waals surface area contributed by atoms with Gasteiger partial charge in [-0.15, -0.1) is 11.3 Å². The predicted molar refractivity (Wildman–Crippen MR) is 70.6 cm³/mol. The summed E-state index contributed by atoms with van der Waals surface area (Å²) < 4.78 is 0.668. The molecule has 90 valence electrons. The van der Waals surface area contributed by atoms with E-state index < -0.39 is 0 Å². The number of hydrogen-bond donors (Lipinski definition) is 0. The van der Waals surface area contributed by atoms with E-state index in [0.717, 1.165) is 11.4 Å². The fraction of sp³-hybridized carbons (Fsp3) is 0.583. The van der Waals surface area contributed by atoms with Gasteiger partial charge in [-0.05, 0) is 24.6 Å². The molecule has 0 aliphatic rings. The topological polar surface area (TPSA) is 20.3 Å². The lowest BCUT2D eigenvalue weighted by Crippen LogP contribution is -2.33. The average Bonchev–Trinajstić information content (AvgIpc) is 2.47. The van der Waals surface area contributed by atoms with Crippen LogP contribution in [0.1, 0.15) is 30.4 Å². The number of ketones is 1. The molecule has 1 rings (SSSR count). The van der Waals surface area contributed by atoms with Crippen molar-refractivity contribution < 1.29 is 4.79 Å². The second kappa shape index (κ2) is 5.30. The summed E-state index contributed by atoms with van der Waals surface area (Å²) in [5.41, 5.74) is 0.210. The molecule has 0 bridgehead atoms. The first-order valence-corrected chi connectivity index (χ1v) is 6.44. The molecule has 0 unspecified atom stereocenters. The Labute approximate surface area is 106 Å². The standard InChI is InChI=1S/C12H18ClNOS/c1-12(2,3)8-14(4)7-9(15)10-5-6-11(13)16-10/h5-6H,7-8H2,1-4H3. The third-order valence-electron chi connectivity index (χ3n) is 2.01. The van der Waals surface area contributed by atoms with Crippen molar-refractivity contribution in [2.75, 3.05) is 20.1 Å². The average molecular weight is 260 g/mol. The SMILES string of the molecule is CN(CC(=O)c1ccc(Cl)s1)CC(C)(C)C. The molecule has 0 radical (unpaired) electrons. The summed E-state index contributed by atoms with van der Waals surface area (Å²) >= 11 is 7.15. The number of halogens is 1. The second-order valence-electron chi connectivity index (χ2n) is 5.26. The predicted octanol–water partition coefficient (Wildman–Crippen LogP) is 3.56. The van der Waals surface area contributed by atoms with Crippen LogP contribution in [-0.2, 0) is 0 Å². The normalized spacial score (nSPS) is 12.1. The third-order valence-corrected chi connectivity index (χ3v) is 3.28. The highest BCUT2D eigenvalue weighted by atomic mass is 35.5. The van der Waals surface area contributed by atoms with Gasteiger partial charge in [-0.3, -0.25) is 9.69 Å². The van der Waals surface area contributed by atoms with Crippen molar-refractivity contribution in [1.82, 2.24) is 4.90 Å². The van der Waals surface area contributed by atoms with E-state index in [0.29, 0.717) is 10.9 Å². The first kappa shape index (κ1) is 13.7. The maximum atomic E-state index is 11.9. The van der Waals surface area contributed by atoms with E-state index in [9.17, 15) is 4.79 Å². The zero-order valence-electron chi connectivity index (χ0n) is 10.2. The van der Waals surface area contributed by atoms with E-state index in [1.807, 2.05) is 7.05 Å². The Morgan fingerprint density at radius 1 is 1.44 bits per heavy atom. The van der Waals surface area contributed by atoms with Crippen LogP contribution in [0.3, 0.4) is 0 Å². The van der Waals surface area contributed by atoms with Gasteiger partial charge in [0, 0.05) is 6.54 Å². The molecule has 0 aliphatic carbocycles. The summed E-state index contributed by atoms with van der Waals surface area (Å²) in [5.74, 6) is 0.142. The van der Waals surface area contributed by atoms with E-state index in [1.54, 1.807) is 12.1 Å². The zero-order valence-corrected chi connectivity index (χ0v) is 11.8. The van der Waals surface area contributed by atoms with Gasteiger partial charge in [-0.25, -0.2) is 0 Å². The van der Waals surface area contributed by atoms with Crippen molar-refractivity contribution in [3.05, 3.63) is 21.3 Å². The molecule has 0 fully saturated rings. The summed E-state index contributed by atoms with van der Waals surface area (Å²) in [6, 6.07) is 3.56. The van der Waals surface area contributed by atoms with E-state index >= 15 is 0 Å². The highest BCUT2D eigenvalue weighted by Gasteiger charge is 2.17. The van der Waals surface area contributed by atoms with Crippen molar-refractivity contribution in [2.45, 2.75) is 20.8 Å². The quantitative estimate of drug-likeness (QED) is 0.771. The Bertz CT molecular complexity index is 367. The van der Waals surface area contributed by atoms with Crippen molar-refractivity contribution in [2.24, 2.45) is 5.41 Å². The molecule has 4 heteroatoms. The van der Waals surface area contributed by atoms with Crippen LogP contribution < -0.4 is 0 Å². The van der Waals surface area contributed by atoms with Gasteiger partial charge >= 0.3 is 0 Å². The number of Topliss-reactive ketones (excluding diaryl/α,β-unsaturated/α-hetero) is 1. The number of rotatable bonds is 4. The maximum Gasteiger partial charge on any atom is 0.186 e. The van der Waals surface area contributed by atoms with Crippen LogP contribution >= 0.6 is 22.9 Å². The molecule has 0 saturated carbocycles. The van der Waals surface area contributed by atoms with Gasteiger partial charge in [0.05, 0.1) is 15.8 Å². The van der Waals surface area contributed by atoms with Crippen LogP contribution in [0.2, 0.25) is 4.34 Å². The number of likely N-dealkylation sites (N-methyl/N-ethyl adjacent to an activating group) is 1. The monoisotopic (exact) mass is 259 g/mol. The fourth-order valence-electron chi connectivity index (χ4n) is 1.65. The zero-order chi connectivity index (χ0) is 12.3. The van der Waals surface area contributed by atoms with Crippen molar-refractivity contribution in [3.8, 4) is 0 Å². The molecule has 0 atom stereocenters. The number of carbonyl (C=O) groups is 1. The highest BCUT2D eigenvalue weighted by Crippen LogP contribution is 2.22. The molecule has 0 spiro atoms. The third kappa shape index (κ3) is 4.64. The summed E-state index contributed by atoms with van der Waals surface area (Å²) in [6.07, 6.45) is 0. The van der Waals surface area contributed by atoms with Crippen molar-refractivity contribution >= 4 is 28.7 Å². The summed E-state index contributed by atoms with van der Waals surface area (Å²) in [6.45, 7) is 7.84. The summed E-state index contributed by atoms with van der Waals surface area (Å²) in [7, 11) is 1.97. The lowest BCUT2D eigenvalue weighted by Gasteiger charge is -2.25. The summed E-state index contributed by atoms with van der Waals surface area (Å²) in [5, 5.41) is 0. The van der Waals surface area contributed by atoms with Gasteiger partial charge in [-0.1, -0.05) is 32.4 Å². The van der Waals surface area contributed by atoms with Gasteiger partial charge in [0.25, 0.3) is 0 Å². The second-order valence-corrected chi connectivity index (χ2v) is 6.97. The first-order valence-electron chi connectivity index (χ1n) is 5.25. The molecule has 1 aromatic heterocycles. The lowest BCUT2D eigenvalue weighted by molar-refractivity contribution is 0.0931. The highest BCUT2D eigenvalue weighted by molar-refractivity contribution is 7.18. The fourth-order valence-corrected chi connectivity index (χ4v) is 2.63. The van der Waals surface area contributed by atoms with Crippen LogP contribution in [-0.4, -0.2) is 30.8 Å². The molecule has 1 heterocycles. The van der Waals surface area contributed by atoms with Crippen LogP contribution in [0, 0.1) is 5.41 Å². The number of carbonyl (C=O) groups excluding carboxylic acids is 1. The molecule has 2 nitrogen and oxygen atoms in total. The minimum atomic E-state index is 0.142. The number of nitrogens with zero attached hydrogens (tertiary/aromatic N) is 1. The Kier molecular flexibility index (Phi) is 4.53. The van der Waals surface area contributed by atoms with E-state index in [4.69, 9.17) is 11.6 Å². The van der Waals surface area contributed by atoms with E-state index in [1.165, 1.54) is 11.3 Å². The van der Waals surface area contributed by atoms with E-state index in [-0.39, 0.29) is 11.2 Å². The van der Waals surface area contributed by atoms with E-state index in [2.05, 4.69) is 25.7 Å². The first-order chi connectivity index (χ1) is 7.28. The molecule has 0 aliphatic heterocycles. The molecule has 16 heavy (non-hydrogen) atoms. The Hall–Kier alpha value is -0.380. The minimum absolute atomic E-state index is 0.142. The Morgan fingerprint density at radius 3 is 2.50 bits per heavy atom. The molecular weight excluding hydrogens is 242 g/mol. The smallest absolute Gasteiger partial charge is 0.186 e. The molecule has 0 N–H and O–H groups in total. The van der Waals surface area contributed by atoms with Gasteiger partial charge in [-0.2, -0.15) is 0 Å². The van der Waals surface area contributed by atoms with Crippen LogP contribution in [0.15, 0.2) is 12.1 Å². The Morgan fingerprint density at radius 2 is 2.06 bits per heavy atom. The van der Waals surface area contributed by atoms with Crippen molar-refractivity contribution in [3.63, 3.8) is 0 Å².